The highest BCUT2D eigenvalue weighted by molar-refractivity contribution is 7.89. The summed E-state index contributed by atoms with van der Waals surface area (Å²) in [6.07, 6.45) is 2.60. The van der Waals surface area contributed by atoms with Crippen LogP contribution in [0.4, 0.5) is 0 Å². The number of aliphatic hydroxyl groups is 1. The molecule has 1 fully saturated rings. The predicted octanol–water partition coefficient (Wildman–Crippen LogP) is 0.230. The Hall–Kier alpha value is -0.890. The van der Waals surface area contributed by atoms with Gasteiger partial charge in [0.1, 0.15) is 0 Å². The molecule has 20 heavy (non-hydrogen) atoms. The fourth-order valence-corrected chi connectivity index (χ4v) is 3.78. The van der Waals surface area contributed by atoms with Gasteiger partial charge < -0.3 is 14.6 Å². The Morgan fingerprint density at radius 1 is 1.50 bits per heavy atom. The van der Waals surface area contributed by atoms with Crippen LogP contribution in [0.15, 0.2) is 17.2 Å². The molecule has 6 nitrogen and oxygen atoms in total. The van der Waals surface area contributed by atoms with E-state index in [9.17, 15) is 13.5 Å². The van der Waals surface area contributed by atoms with Gasteiger partial charge in [-0.05, 0) is 38.9 Å². The van der Waals surface area contributed by atoms with E-state index in [0.29, 0.717) is 24.7 Å². The van der Waals surface area contributed by atoms with Gasteiger partial charge in [0.15, 0.2) is 0 Å². The van der Waals surface area contributed by atoms with E-state index < -0.39 is 10.0 Å². The lowest BCUT2D eigenvalue weighted by Crippen LogP contribution is -2.30. The maximum absolute atomic E-state index is 12.2. The van der Waals surface area contributed by atoms with Gasteiger partial charge in [0.25, 0.3) is 0 Å². The van der Waals surface area contributed by atoms with Crippen molar-refractivity contribution in [3.05, 3.63) is 18.0 Å². The van der Waals surface area contributed by atoms with Gasteiger partial charge in [0, 0.05) is 31.5 Å². The van der Waals surface area contributed by atoms with Gasteiger partial charge >= 0.3 is 0 Å². The van der Waals surface area contributed by atoms with Gasteiger partial charge in [-0.3, -0.25) is 0 Å². The summed E-state index contributed by atoms with van der Waals surface area (Å²) >= 11 is 0. The van der Waals surface area contributed by atoms with Crippen molar-refractivity contribution in [2.45, 2.75) is 31.4 Å². The van der Waals surface area contributed by atoms with Gasteiger partial charge in [-0.2, -0.15) is 0 Å². The molecule has 1 aliphatic heterocycles. The first kappa shape index (κ1) is 15.5. The molecule has 0 aromatic carbocycles. The summed E-state index contributed by atoms with van der Waals surface area (Å²) < 4.78 is 28.9. The largest absolute Gasteiger partial charge is 0.390 e. The van der Waals surface area contributed by atoms with Gasteiger partial charge in [-0.15, -0.1) is 0 Å². The molecule has 0 bridgehead atoms. The average Bonchev–Trinajstić information content (AvgIpc) is 3.02. The molecule has 0 aliphatic carbocycles. The smallest absolute Gasteiger partial charge is 0.242 e. The van der Waals surface area contributed by atoms with Gasteiger partial charge in [0.2, 0.25) is 10.0 Å². The van der Waals surface area contributed by atoms with Gasteiger partial charge in [-0.1, -0.05) is 0 Å². The molecule has 1 atom stereocenters. The molecule has 1 aromatic heterocycles. The zero-order chi connectivity index (χ0) is 14.8. The lowest BCUT2D eigenvalue weighted by Gasteiger charge is -2.11. The minimum atomic E-state index is -3.49. The first-order chi connectivity index (χ1) is 9.46. The van der Waals surface area contributed by atoms with E-state index in [-0.39, 0.29) is 11.5 Å². The first-order valence-electron chi connectivity index (χ1n) is 6.94. The third-order valence-electron chi connectivity index (χ3n) is 3.82. The zero-order valence-corrected chi connectivity index (χ0v) is 12.9. The maximum atomic E-state index is 12.2. The second-order valence-corrected chi connectivity index (χ2v) is 7.15. The molecule has 0 saturated carbocycles. The molecule has 0 radical (unpaired) electrons. The zero-order valence-electron chi connectivity index (χ0n) is 12.0. The van der Waals surface area contributed by atoms with Crippen molar-refractivity contribution in [2.24, 2.45) is 5.92 Å². The van der Waals surface area contributed by atoms with Crippen LogP contribution in [0.3, 0.4) is 0 Å². The Kier molecular flexibility index (Phi) is 4.85. The molecule has 2 N–H and O–H groups in total. The van der Waals surface area contributed by atoms with E-state index in [1.54, 1.807) is 10.8 Å². The van der Waals surface area contributed by atoms with Crippen molar-refractivity contribution in [2.75, 3.05) is 26.7 Å². The van der Waals surface area contributed by atoms with Crippen molar-refractivity contribution in [1.82, 2.24) is 14.2 Å². The van der Waals surface area contributed by atoms with Crippen molar-refractivity contribution < 1.29 is 13.5 Å². The number of hydrogen-bond donors (Lipinski definition) is 2. The molecule has 7 heteroatoms. The average molecular weight is 301 g/mol. The number of aromatic nitrogens is 1. The summed E-state index contributed by atoms with van der Waals surface area (Å²) in [5.41, 5.74) is 0.619. The SMILES string of the molecule is CCn1cc(S(=O)(=O)NCC2CCN(C)C2)cc1CO. The fourth-order valence-electron chi connectivity index (χ4n) is 2.60. The van der Waals surface area contributed by atoms with E-state index in [2.05, 4.69) is 9.62 Å². The summed E-state index contributed by atoms with van der Waals surface area (Å²) in [6, 6.07) is 1.53. The lowest BCUT2D eigenvalue weighted by atomic mass is 10.1. The highest BCUT2D eigenvalue weighted by Crippen LogP contribution is 2.17. The number of aryl methyl sites for hydroxylation is 1. The number of sulfonamides is 1. The number of aliphatic hydroxyl groups excluding tert-OH is 1. The summed E-state index contributed by atoms with van der Waals surface area (Å²) in [5.74, 6) is 0.375. The monoisotopic (exact) mass is 301 g/mol. The van der Waals surface area contributed by atoms with E-state index in [4.69, 9.17) is 0 Å². The van der Waals surface area contributed by atoms with Crippen LogP contribution >= 0.6 is 0 Å². The molecule has 2 heterocycles. The van der Waals surface area contributed by atoms with Gasteiger partial charge in [-0.25, -0.2) is 13.1 Å². The van der Waals surface area contributed by atoms with E-state index in [0.717, 1.165) is 19.5 Å². The topological polar surface area (TPSA) is 74.6 Å². The molecular weight excluding hydrogens is 278 g/mol. The summed E-state index contributed by atoms with van der Waals surface area (Å²) in [5, 5.41) is 9.22. The predicted molar refractivity (Wildman–Crippen MR) is 76.8 cm³/mol. The molecular formula is C13H23N3O3S. The second kappa shape index (κ2) is 6.26. The summed E-state index contributed by atoms with van der Waals surface area (Å²) in [6.45, 7) is 4.82. The lowest BCUT2D eigenvalue weighted by molar-refractivity contribution is 0.271. The molecule has 0 spiro atoms. The number of likely N-dealkylation sites (tertiary alicyclic amines) is 1. The molecule has 1 unspecified atom stereocenters. The molecule has 1 saturated heterocycles. The highest BCUT2D eigenvalue weighted by atomic mass is 32.2. The Labute approximate surface area is 120 Å². The number of rotatable bonds is 6. The Bertz CT molecular complexity index is 532. The van der Waals surface area contributed by atoms with Crippen LogP contribution in [-0.2, 0) is 23.2 Å². The molecule has 2 rings (SSSR count). The number of hydrogen-bond acceptors (Lipinski definition) is 4. The Morgan fingerprint density at radius 2 is 2.25 bits per heavy atom. The van der Waals surface area contributed by atoms with E-state index in [1.165, 1.54) is 6.07 Å². The Balaban J connectivity index is 2.04. The van der Waals surface area contributed by atoms with Gasteiger partial charge in [0.05, 0.1) is 11.5 Å². The van der Waals surface area contributed by atoms with Crippen LogP contribution in [0, 0.1) is 5.92 Å². The molecule has 1 aromatic rings. The van der Waals surface area contributed by atoms with E-state index >= 15 is 0 Å². The maximum Gasteiger partial charge on any atom is 0.242 e. The number of nitrogens with one attached hydrogen (secondary N) is 1. The minimum absolute atomic E-state index is 0.156. The van der Waals surface area contributed by atoms with Crippen LogP contribution in [0.1, 0.15) is 19.0 Å². The molecule has 0 amide bonds. The molecule has 114 valence electrons. The number of nitrogens with zero attached hydrogens (tertiary/aromatic N) is 2. The van der Waals surface area contributed by atoms with Crippen LogP contribution in [0.25, 0.3) is 0 Å². The van der Waals surface area contributed by atoms with Crippen LogP contribution < -0.4 is 4.72 Å². The van der Waals surface area contributed by atoms with Crippen LogP contribution in [-0.4, -0.2) is 49.7 Å². The van der Waals surface area contributed by atoms with Crippen LogP contribution in [0.5, 0.6) is 0 Å². The quantitative estimate of drug-likeness (QED) is 0.789. The van der Waals surface area contributed by atoms with Crippen molar-refractivity contribution >= 4 is 10.0 Å². The highest BCUT2D eigenvalue weighted by Gasteiger charge is 2.23. The minimum Gasteiger partial charge on any atom is -0.390 e. The standard InChI is InChI=1S/C13H23N3O3S/c1-3-16-9-13(6-12(16)10-17)20(18,19)14-7-11-4-5-15(2)8-11/h6,9,11,14,17H,3-5,7-8,10H2,1-2H3. The normalized spacial score (nSPS) is 20.6. The summed E-state index contributed by atoms with van der Waals surface area (Å²) in [7, 11) is -1.44. The first-order valence-corrected chi connectivity index (χ1v) is 8.42. The van der Waals surface area contributed by atoms with Crippen molar-refractivity contribution in [3.63, 3.8) is 0 Å². The molecule has 1 aliphatic rings. The Morgan fingerprint density at radius 3 is 2.75 bits per heavy atom. The van der Waals surface area contributed by atoms with Crippen molar-refractivity contribution in [3.8, 4) is 0 Å². The summed E-state index contributed by atoms with van der Waals surface area (Å²) in [4.78, 5) is 2.44. The van der Waals surface area contributed by atoms with Crippen LogP contribution in [0.2, 0.25) is 0 Å². The second-order valence-electron chi connectivity index (χ2n) is 5.38. The fraction of sp³-hybridized carbons (Fsp3) is 0.692. The van der Waals surface area contributed by atoms with E-state index in [1.807, 2.05) is 14.0 Å². The third kappa shape index (κ3) is 3.41. The third-order valence-corrected chi connectivity index (χ3v) is 5.22. The van der Waals surface area contributed by atoms with Crippen molar-refractivity contribution in [1.29, 1.82) is 0 Å².